The minimum Gasteiger partial charge on any atom is -0.761 e. The minimum atomic E-state index is -0.796. The highest BCUT2D eigenvalue weighted by molar-refractivity contribution is 6.34. The number of hydrazine groups is 2. The minimum absolute atomic E-state index is 0.0278. The molecule has 4 aromatic rings. The highest BCUT2D eigenvalue weighted by Gasteiger charge is 2.37. The van der Waals surface area contributed by atoms with Crippen molar-refractivity contribution in [3.8, 4) is 0 Å². The second kappa shape index (κ2) is 12.7. The maximum atomic E-state index is 13.2. The molecule has 16 nitrogen and oxygen atoms in total. The molecule has 5 rings (SSSR count). The molecule has 0 aliphatic carbocycles. The first kappa shape index (κ1) is 30.5. The molecule has 5 N–H and O–H groups in total. The zero-order valence-electron chi connectivity index (χ0n) is 23.2. The van der Waals surface area contributed by atoms with E-state index in [4.69, 9.17) is 0 Å². The molecular weight excluding hydrogens is 602 g/mol. The van der Waals surface area contributed by atoms with Crippen LogP contribution in [0.25, 0.3) is 0 Å². The van der Waals surface area contributed by atoms with E-state index in [1.807, 2.05) is 0 Å². The highest BCUT2D eigenvalue weighted by atomic mass is 16.6. The van der Waals surface area contributed by atoms with Crippen LogP contribution in [0, 0.1) is 15.3 Å². The first-order valence-corrected chi connectivity index (χ1v) is 13.1. The number of fused-ring (bicyclic) bond motifs is 1. The second-order valence-electron chi connectivity index (χ2n) is 9.55. The van der Waals surface area contributed by atoms with Gasteiger partial charge in [0.25, 0.3) is 41.1 Å². The van der Waals surface area contributed by atoms with Crippen molar-refractivity contribution in [3.05, 3.63) is 140 Å². The van der Waals surface area contributed by atoms with Gasteiger partial charge in [-0.3, -0.25) is 60.6 Å². The predicted molar refractivity (Wildman–Crippen MR) is 160 cm³/mol. The third kappa shape index (κ3) is 6.21. The Kier molecular flexibility index (Phi) is 8.45. The fourth-order valence-corrected chi connectivity index (χ4v) is 4.32. The summed E-state index contributed by atoms with van der Waals surface area (Å²) in [5, 5.41) is 21.4. The molecule has 16 heteroatoms. The lowest BCUT2D eigenvalue weighted by Gasteiger charge is -2.14. The number of carbonyl (C=O) groups is 6. The average Bonchev–Trinajstić information content (AvgIpc) is 3.34. The van der Waals surface area contributed by atoms with Gasteiger partial charge in [0.1, 0.15) is 0 Å². The lowest BCUT2D eigenvalue weighted by Crippen LogP contribution is -2.41. The van der Waals surface area contributed by atoms with Gasteiger partial charge in [-0.05, 0) is 78.9 Å². The molecule has 0 saturated heterocycles. The summed E-state index contributed by atoms with van der Waals surface area (Å²) in [6.07, 6.45) is 0. The number of hydrogen-bond acceptors (Lipinski definition) is 10. The van der Waals surface area contributed by atoms with Crippen molar-refractivity contribution in [2.24, 2.45) is 0 Å². The van der Waals surface area contributed by atoms with Crippen LogP contribution in [-0.4, -0.2) is 40.4 Å². The van der Waals surface area contributed by atoms with Gasteiger partial charge >= 0.3 is 0 Å². The summed E-state index contributed by atoms with van der Waals surface area (Å²) in [5.41, 5.74) is 11.0. The number of rotatable bonds is 7. The van der Waals surface area contributed by atoms with Gasteiger partial charge in [0.15, 0.2) is 0 Å². The summed E-state index contributed by atoms with van der Waals surface area (Å²) in [5.74, 6) is -4.25. The number of imide groups is 1. The Morgan fingerprint density at radius 3 is 1.46 bits per heavy atom. The molecule has 1 aliphatic heterocycles. The molecule has 0 aromatic heterocycles. The zero-order chi connectivity index (χ0) is 33.0. The molecule has 4 aromatic carbocycles. The Morgan fingerprint density at radius 2 is 0.978 bits per heavy atom. The van der Waals surface area contributed by atoms with Crippen molar-refractivity contribution in [1.82, 2.24) is 21.7 Å². The third-order valence-electron chi connectivity index (χ3n) is 6.72. The molecule has 0 radical (unpaired) electrons. The van der Waals surface area contributed by atoms with Gasteiger partial charge in [0, 0.05) is 40.1 Å². The summed E-state index contributed by atoms with van der Waals surface area (Å²) in [6, 6.07) is 19.4. The van der Waals surface area contributed by atoms with Crippen LogP contribution in [0.5, 0.6) is 0 Å². The van der Waals surface area contributed by atoms with Crippen LogP contribution in [-0.2, 0) is 0 Å². The molecule has 230 valence electrons. The number of nitro benzene ring substituents is 1. The first-order chi connectivity index (χ1) is 22.1. The summed E-state index contributed by atoms with van der Waals surface area (Å²) >= 11 is 0. The fourth-order valence-electron chi connectivity index (χ4n) is 4.32. The van der Waals surface area contributed by atoms with Crippen molar-refractivity contribution < 1.29 is 33.7 Å². The Morgan fingerprint density at radius 1 is 0.565 bits per heavy atom. The van der Waals surface area contributed by atoms with Gasteiger partial charge in [0.05, 0.1) is 21.7 Å². The largest absolute Gasteiger partial charge is 0.761 e. The van der Waals surface area contributed by atoms with Gasteiger partial charge in [0.2, 0.25) is 0 Å². The number of amides is 6. The number of nitrogens with zero attached hydrogens (tertiary/aromatic N) is 2. The Hall–Kier alpha value is -6.94. The first-order valence-electron chi connectivity index (χ1n) is 13.1. The lowest BCUT2D eigenvalue weighted by molar-refractivity contribution is -0.384. The maximum absolute atomic E-state index is 13.2. The van der Waals surface area contributed by atoms with E-state index in [0.717, 1.165) is 17.0 Å². The number of anilines is 2. The molecule has 0 spiro atoms. The van der Waals surface area contributed by atoms with Gasteiger partial charge in [-0.2, -0.15) is 0 Å². The molecule has 0 unspecified atom stereocenters. The number of hydrogen-bond donors (Lipinski definition) is 5. The molecule has 0 fully saturated rings. The number of non-ortho nitro benzene ring substituents is 1. The van der Waals surface area contributed by atoms with Crippen molar-refractivity contribution in [2.45, 2.75) is 0 Å². The van der Waals surface area contributed by atoms with Crippen molar-refractivity contribution in [2.75, 3.05) is 10.4 Å². The molecule has 0 saturated carbocycles. The standard InChI is InChI=1S/C30H20N7O9/c38-25(16-1-8-20(35-44)9-2-16)31-32-26(39)17-3-10-21(11-4-17)36-29(42)23-14-7-19(15-24(23)30(36)43)28(41)34-33-27(40)18-5-12-22(13-6-18)37(45)46/h1-15,35H,(H,31,38)(H,32,39)(H,33,40)(H,34,41)/q-1. The SMILES string of the molecule is O=C(NNC(=O)c1ccc(N2C(=O)c3ccc(C(=O)NNC(=O)c4ccc([N+](=O)[O-])cc4)cc3C2=O)cc1)c1ccc(N[O-])cc1. The Bertz CT molecular complexity index is 1910. The summed E-state index contributed by atoms with van der Waals surface area (Å²) in [7, 11) is 0. The molecular formula is C30H20N7O9-. The van der Waals surface area contributed by atoms with E-state index in [2.05, 4.69) is 21.7 Å². The number of nitrogens with one attached hydrogen (secondary N) is 5. The molecule has 6 amide bonds. The molecule has 1 aliphatic rings. The number of carbonyl (C=O) groups excluding carboxylic acids is 6. The second-order valence-corrected chi connectivity index (χ2v) is 9.55. The van der Waals surface area contributed by atoms with E-state index in [0.29, 0.717) is 0 Å². The van der Waals surface area contributed by atoms with E-state index in [1.54, 1.807) is 5.48 Å². The van der Waals surface area contributed by atoms with Crippen molar-refractivity contribution >= 4 is 52.5 Å². The summed E-state index contributed by atoms with van der Waals surface area (Å²) < 4.78 is 0. The topological polar surface area (TPSA) is 232 Å². The lowest BCUT2D eigenvalue weighted by atomic mass is 10.1. The fraction of sp³-hybridized carbons (Fsp3) is 0. The predicted octanol–water partition coefficient (Wildman–Crippen LogP) is 2.45. The quantitative estimate of drug-likeness (QED) is 0.115. The average molecular weight is 623 g/mol. The van der Waals surface area contributed by atoms with Crippen LogP contribution in [0.15, 0.2) is 91.0 Å². The molecule has 1 heterocycles. The van der Waals surface area contributed by atoms with E-state index in [-0.39, 0.29) is 50.4 Å². The zero-order valence-corrected chi connectivity index (χ0v) is 23.2. The number of benzene rings is 4. The van der Waals surface area contributed by atoms with Crippen LogP contribution >= 0.6 is 0 Å². The van der Waals surface area contributed by atoms with Gasteiger partial charge in [-0.1, -0.05) is 0 Å². The van der Waals surface area contributed by atoms with E-state index in [9.17, 15) is 44.1 Å². The summed E-state index contributed by atoms with van der Waals surface area (Å²) in [6.45, 7) is 0. The van der Waals surface area contributed by atoms with Crippen LogP contribution in [0.1, 0.15) is 62.1 Å². The third-order valence-corrected chi connectivity index (χ3v) is 6.72. The van der Waals surface area contributed by atoms with E-state index in [1.165, 1.54) is 78.9 Å². The highest BCUT2D eigenvalue weighted by Crippen LogP contribution is 2.29. The number of nitro groups is 1. The Balaban J connectivity index is 1.20. The van der Waals surface area contributed by atoms with Gasteiger partial charge in [-0.15, -0.1) is 0 Å². The molecule has 46 heavy (non-hydrogen) atoms. The van der Waals surface area contributed by atoms with Crippen LogP contribution in [0.4, 0.5) is 17.1 Å². The van der Waals surface area contributed by atoms with Crippen LogP contribution < -0.4 is 32.1 Å². The van der Waals surface area contributed by atoms with Gasteiger partial charge < -0.3 is 10.7 Å². The Labute approximate surface area is 258 Å². The van der Waals surface area contributed by atoms with Crippen LogP contribution in [0.3, 0.4) is 0 Å². The molecule has 0 bridgehead atoms. The van der Waals surface area contributed by atoms with Crippen LogP contribution in [0.2, 0.25) is 0 Å². The monoisotopic (exact) mass is 622 g/mol. The smallest absolute Gasteiger partial charge is 0.269 e. The van der Waals surface area contributed by atoms with Crippen molar-refractivity contribution in [3.63, 3.8) is 0 Å². The van der Waals surface area contributed by atoms with Gasteiger partial charge in [-0.25, -0.2) is 4.90 Å². The maximum Gasteiger partial charge on any atom is 0.269 e. The van der Waals surface area contributed by atoms with Crippen molar-refractivity contribution in [1.29, 1.82) is 0 Å². The van der Waals surface area contributed by atoms with E-state index >= 15 is 0 Å². The van der Waals surface area contributed by atoms with E-state index < -0.39 is 40.4 Å². The molecule has 0 atom stereocenters. The normalized spacial score (nSPS) is 11.7. The summed E-state index contributed by atoms with van der Waals surface area (Å²) in [4.78, 5) is 87.0.